The van der Waals surface area contributed by atoms with Crippen LogP contribution < -0.4 is 10.1 Å². The number of nitrogens with one attached hydrogen (secondary N) is 1. The second kappa shape index (κ2) is 8.94. The van der Waals surface area contributed by atoms with E-state index in [1.807, 2.05) is 0 Å². The number of ether oxygens (including phenoxy) is 2. The van der Waals surface area contributed by atoms with Crippen LogP contribution in [0.2, 0.25) is 0 Å². The number of benzene rings is 1. The smallest absolute Gasteiger partial charge is 0.123 e. The molecule has 1 aromatic carbocycles. The molecule has 3 N–H and O–H groups in total. The van der Waals surface area contributed by atoms with E-state index in [1.165, 1.54) is 24.3 Å². The van der Waals surface area contributed by atoms with Gasteiger partial charge >= 0.3 is 0 Å². The van der Waals surface area contributed by atoms with Crippen molar-refractivity contribution in [1.82, 2.24) is 5.32 Å². The molecule has 0 amide bonds. The third kappa shape index (κ3) is 7.96. The number of aliphatic hydroxyl groups excluding tert-OH is 1. The van der Waals surface area contributed by atoms with Crippen LogP contribution in [0.15, 0.2) is 24.3 Å². The first-order valence-corrected chi connectivity index (χ1v) is 6.91. The lowest BCUT2D eigenvalue weighted by Gasteiger charge is -2.24. The van der Waals surface area contributed by atoms with Crippen molar-refractivity contribution in [3.8, 4) is 5.75 Å². The van der Waals surface area contributed by atoms with Gasteiger partial charge in [0.1, 0.15) is 24.3 Å². The zero-order valence-electron chi connectivity index (χ0n) is 12.5. The second-order valence-electron chi connectivity index (χ2n) is 5.29. The molecule has 1 rings (SSSR count). The van der Waals surface area contributed by atoms with Gasteiger partial charge in [-0.1, -0.05) is 0 Å². The second-order valence-corrected chi connectivity index (χ2v) is 5.29. The summed E-state index contributed by atoms with van der Waals surface area (Å²) in [7, 11) is 1.58. The highest BCUT2D eigenvalue weighted by Gasteiger charge is 2.19. The van der Waals surface area contributed by atoms with Gasteiger partial charge in [0.15, 0.2) is 0 Å². The van der Waals surface area contributed by atoms with Gasteiger partial charge in [-0.3, -0.25) is 0 Å². The van der Waals surface area contributed by atoms with Gasteiger partial charge in [-0.05, 0) is 31.2 Å². The van der Waals surface area contributed by atoms with E-state index < -0.39 is 11.7 Å². The SMILES string of the molecule is COCCC(C)(O)CNCC(O)COc1ccc(F)cc1. The fourth-order valence-corrected chi connectivity index (χ4v) is 1.70. The molecule has 0 radical (unpaired) electrons. The number of hydrogen-bond acceptors (Lipinski definition) is 5. The fraction of sp³-hybridized carbons (Fsp3) is 0.600. The summed E-state index contributed by atoms with van der Waals surface area (Å²) in [4.78, 5) is 0. The first kappa shape index (κ1) is 17.8. The van der Waals surface area contributed by atoms with Crippen LogP contribution in [0.3, 0.4) is 0 Å². The molecule has 0 fully saturated rings. The van der Waals surface area contributed by atoms with E-state index in [9.17, 15) is 14.6 Å². The molecule has 0 saturated heterocycles. The van der Waals surface area contributed by atoms with Crippen LogP contribution in [0.1, 0.15) is 13.3 Å². The highest BCUT2D eigenvalue weighted by Crippen LogP contribution is 2.11. The summed E-state index contributed by atoms with van der Waals surface area (Å²) >= 11 is 0. The first-order chi connectivity index (χ1) is 9.93. The lowest BCUT2D eigenvalue weighted by atomic mass is 10.0. The standard InChI is InChI=1S/C15H24FNO4/c1-15(19,7-8-20-2)11-17-9-13(18)10-21-14-5-3-12(16)4-6-14/h3-6,13,17-19H,7-11H2,1-2H3. The summed E-state index contributed by atoms with van der Waals surface area (Å²) in [6, 6.07) is 5.61. The minimum Gasteiger partial charge on any atom is -0.491 e. The Morgan fingerprint density at radius 1 is 1.33 bits per heavy atom. The molecule has 120 valence electrons. The predicted octanol–water partition coefficient (Wildman–Crippen LogP) is 0.943. The van der Waals surface area contributed by atoms with Crippen molar-refractivity contribution in [2.75, 3.05) is 33.4 Å². The van der Waals surface area contributed by atoms with Gasteiger partial charge in [-0.15, -0.1) is 0 Å². The van der Waals surface area contributed by atoms with Gasteiger partial charge in [-0.2, -0.15) is 0 Å². The van der Waals surface area contributed by atoms with E-state index in [-0.39, 0.29) is 12.4 Å². The molecule has 0 saturated carbocycles. The van der Waals surface area contributed by atoms with E-state index in [4.69, 9.17) is 9.47 Å². The van der Waals surface area contributed by atoms with Crippen molar-refractivity contribution in [1.29, 1.82) is 0 Å². The average molecular weight is 301 g/mol. The van der Waals surface area contributed by atoms with Crippen LogP contribution in [0, 0.1) is 5.82 Å². The largest absolute Gasteiger partial charge is 0.491 e. The van der Waals surface area contributed by atoms with Crippen molar-refractivity contribution in [2.24, 2.45) is 0 Å². The Kier molecular flexibility index (Phi) is 7.60. The minimum atomic E-state index is -0.881. The maximum atomic E-state index is 12.7. The maximum Gasteiger partial charge on any atom is 0.123 e. The third-order valence-electron chi connectivity index (χ3n) is 2.99. The Bertz CT molecular complexity index is 397. The van der Waals surface area contributed by atoms with Gasteiger partial charge in [0.05, 0.1) is 5.60 Å². The fourth-order valence-electron chi connectivity index (χ4n) is 1.70. The van der Waals surface area contributed by atoms with Gasteiger partial charge in [0.2, 0.25) is 0 Å². The summed E-state index contributed by atoms with van der Waals surface area (Å²) in [5.41, 5.74) is -0.881. The molecule has 0 aliphatic carbocycles. The first-order valence-electron chi connectivity index (χ1n) is 6.91. The number of hydrogen-bond donors (Lipinski definition) is 3. The molecule has 0 bridgehead atoms. The monoisotopic (exact) mass is 301 g/mol. The molecule has 5 nitrogen and oxygen atoms in total. The molecule has 1 aromatic rings. The van der Waals surface area contributed by atoms with Crippen LogP contribution in [0.25, 0.3) is 0 Å². The van der Waals surface area contributed by atoms with Crippen LogP contribution in [-0.2, 0) is 4.74 Å². The Hall–Kier alpha value is -1.21. The van der Waals surface area contributed by atoms with Gasteiger partial charge in [0.25, 0.3) is 0 Å². The van der Waals surface area contributed by atoms with Crippen molar-refractivity contribution in [2.45, 2.75) is 25.0 Å². The maximum absolute atomic E-state index is 12.7. The number of aliphatic hydroxyl groups is 2. The van der Waals surface area contributed by atoms with Crippen molar-refractivity contribution in [3.63, 3.8) is 0 Å². The summed E-state index contributed by atoms with van der Waals surface area (Å²) < 4.78 is 23.0. The zero-order chi connectivity index (χ0) is 15.7. The molecule has 0 aliphatic rings. The summed E-state index contributed by atoms with van der Waals surface area (Å²) in [6.45, 7) is 2.93. The van der Waals surface area contributed by atoms with Crippen molar-refractivity contribution >= 4 is 0 Å². The van der Waals surface area contributed by atoms with Gasteiger partial charge < -0.3 is 25.0 Å². The highest BCUT2D eigenvalue weighted by atomic mass is 19.1. The Labute approximate surface area is 124 Å². The Morgan fingerprint density at radius 3 is 2.62 bits per heavy atom. The molecule has 0 aliphatic heterocycles. The van der Waals surface area contributed by atoms with E-state index in [1.54, 1.807) is 14.0 Å². The van der Waals surface area contributed by atoms with E-state index in [0.717, 1.165) is 0 Å². The van der Waals surface area contributed by atoms with E-state index >= 15 is 0 Å². The predicted molar refractivity (Wildman–Crippen MR) is 77.9 cm³/mol. The molecule has 0 heterocycles. The quantitative estimate of drug-likeness (QED) is 0.600. The van der Waals surface area contributed by atoms with Crippen LogP contribution >= 0.6 is 0 Å². The number of methoxy groups -OCH3 is 1. The topological polar surface area (TPSA) is 71.0 Å². The molecule has 0 aromatic heterocycles. The van der Waals surface area contributed by atoms with Crippen LogP contribution in [0.5, 0.6) is 5.75 Å². The summed E-state index contributed by atoms with van der Waals surface area (Å²) in [5.74, 6) is 0.172. The van der Waals surface area contributed by atoms with Gasteiger partial charge in [-0.25, -0.2) is 4.39 Å². The minimum absolute atomic E-state index is 0.0961. The molecule has 0 spiro atoms. The molecular weight excluding hydrogens is 277 g/mol. The molecule has 2 unspecified atom stereocenters. The van der Waals surface area contributed by atoms with E-state index in [0.29, 0.717) is 31.9 Å². The molecule has 21 heavy (non-hydrogen) atoms. The van der Waals surface area contributed by atoms with E-state index in [2.05, 4.69) is 5.32 Å². The van der Waals surface area contributed by atoms with Gasteiger partial charge in [0, 0.05) is 33.2 Å². The zero-order valence-corrected chi connectivity index (χ0v) is 12.5. The van der Waals surface area contributed by atoms with Crippen LogP contribution in [0.4, 0.5) is 4.39 Å². The van der Waals surface area contributed by atoms with Crippen molar-refractivity contribution in [3.05, 3.63) is 30.1 Å². The lowest BCUT2D eigenvalue weighted by Crippen LogP contribution is -2.42. The average Bonchev–Trinajstić information content (AvgIpc) is 2.44. The Morgan fingerprint density at radius 2 is 2.00 bits per heavy atom. The third-order valence-corrected chi connectivity index (χ3v) is 2.99. The number of halogens is 1. The Balaban J connectivity index is 2.19. The normalized spacial score (nSPS) is 15.5. The van der Waals surface area contributed by atoms with Crippen LogP contribution in [-0.4, -0.2) is 55.3 Å². The summed E-state index contributed by atoms with van der Waals surface area (Å²) in [6.07, 6.45) is -0.202. The lowest BCUT2D eigenvalue weighted by molar-refractivity contribution is 0.0208. The summed E-state index contributed by atoms with van der Waals surface area (Å²) in [5, 5.41) is 22.8. The molecular formula is C15H24FNO4. The molecule has 2 atom stereocenters. The number of rotatable bonds is 10. The molecule has 6 heteroatoms. The highest BCUT2D eigenvalue weighted by molar-refractivity contribution is 5.22. The van der Waals surface area contributed by atoms with Crippen molar-refractivity contribution < 1.29 is 24.1 Å².